The maximum absolute atomic E-state index is 12.4. The third-order valence-electron chi connectivity index (χ3n) is 4.07. The number of aromatic nitrogens is 2. The fourth-order valence-electron chi connectivity index (χ4n) is 2.83. The molecule has 1 saturated heterocycles. The Kier molecular flexibility index (Phi) is 5.80. The van der Waals surface area contributed by atoms with Gasteiger partial charge in [-0.3, -0.25) is 4.79 Å². The van der Waals surface area contributed by atoms with Gasteiger partial charge in [-0.25, -0.2) is 9.97 Å². The quantitative estimate of drug-likeness (QED) is 0.787. The van der Waals surface area contributed by atoms with Crippen LogP contribution in [-0.2, 0) is 11.2 Å². The fraction of sp³-hybridized carbons (Fsp3) is 0.389. The van der Waals surface area contributed by atoms with Gasteiger partial charge in [0.15, 0.2) is 0 Å². The summed E-state index contributed by atoms with van der Waals surface area (Å²) in [6.45, 7) is 1.40. The van der Waals surface area contributed by atoms with Gasteiger partial charge < -0.3 is 9.64 Å². The second-order valence-electron chi connectivity index (χ2n) is 5.89. The third kappa shape index (κ3) is 4.77. The number of hydrogen-bond donors (Lipinski definition) is 0. The number of amides is 1. The highest BCUT2D eigenvalue weighted by Gasteiger charge is 2.25. The summed E-state index contributed by atoms with van der Waals surface area (Å²) in [6, 6.07) is 10.5. The first-order valence-electron chi connectivity index (χ1n) is 8.16. The molecule has 0 radical (unpaired) electrons. The maximum Gasteiger partial charge on any atom is 0.316 e. The Bertz CT molecular complexity index is 664. The number of likely N-dealkylation sites (tertiary alicyclic amines) is 1. The summed E-state index contributed by atoms with van der Waals surface area (Å²) >= 11 is 3.30. The molecule has 0 aliphatic carbocycles. The van der Waals surface area contributed by atoms with Crippen LogP contribution in [0.4, 0.5) is 0 Å². The molecule has 6 heteroatoms. The van der Waals surface area contributed by atoms with Crippen molar-refractivity contribution in [2.45, 2.75) is 31.8 Å². The molecule has 1 fully saturated rings. The number of carbonyl (C=O) groups is 1. The lowest BCUT2D eigenvalue weighted by Crippen LogP contribution is -2.44. The molecular weight excluding hydrogens is 370 g/mol. The lowest BCUT2D eigenvalue weighted by molar-refractivity contribution is -0.133. The number of piperidine rings is 1. The zero-order chi connectivity index (χ0) is 16.8. The first kappa shape index (κ1) is 16.9. The Labute approximate surface area is 150 Å². The van der Waals surface area contributed by atoms with Crippen molar-refractivity contribution < 1.29 is 9.53 Å². The molecule has 2 heterocycles. The van der Waals surface area contributed by atoms with E-state index in [4.69, 9.17) is 4.74 Å². The molecule has 0 bridgehead atoms. The van der Waals surface area contributed by atoms with E-state index < -0.39 is 0 Å². The average molecular weight is 390 g/mol. The van der Waals surface area contributed by atoms with Crippen molar-refractivity contribution in [2.24, 2.45) is 0 Å². The van der Waals surface area contributed by atoms with Crippen molar-refractivity contribution in [3.8, 4) is 6.01 Å². The number of hydrogen-bond acceptors (Lipinski definition) is 4. The van der Waals surface area contributed by atoms with Crippen LogP contribution in [0.2, 0.25) is 0 Å². The minimum Gasteiger partial charge on any atom is -0.458 e. The number of ether oxygens (including phenoxy) is 1. The van der Waals surface area contributed by atoms with E-state index >= 15 is 0 Å². The molecule has 3 rings (SSSR count). The average Bonchev–Trinajstić information content (AvgIpc) is 2.63. The zero-order valence-electron chi connectivity index (χ0n) is 13.4. The van der Waals surface area contributed by atoms with E-state index in [1.165, 1.54) is 5.56 Å². The van der Waals surface area contributed by atoms with E-state index in [-0.39, 0.29) is 12.0 Å². The Morgan fingerprint density at radius 1 is 1.25 bits per heavy atom. The highest BCUT2D eigenvalue weighted by molar-refractivity contribution is 9.10. The van der Waals surface area contributed by atoms with Crippen molar-refractivity contribution in [2.75, 3.05) is 13.1 Å². The summed E-state index contributed by atoms with van der Waals surface area (Å²) in [5.74, 6) is 0.184. The Morgan fingerprint density at radius 2 is 2.00 bits per heavy atom. The van der Waals surface area contributed by atoms with E-state index in [1.807, 2.05) is 23.1 Å². The molecule has 1 aromatic heterocycles. The number of halogens is 1. The first-order chi connectivity index (χ1) is 11.7. The molecule has 2 aromatic rings. The SMILES string of the molecule is O=C(CCc1ccccc1)N1CCCC(Oc2ncc(Br)cn2)C1. The third-order valence-corrected chi connectivity index (χ3v) is 4.48. The second-order valence-corrected chi connectivity index (χ2v) is 6.81. The topological polar surface area (TPSA) is 55.3 Å². The van der Waals surface area contributed by atoms with Crippen LogP contribution in [0.5, 0.6) is 6.01 Å². The normalized spacial score (nSPS) is 17.5. The smallest absolute Gasteiger partial charge is 0.316 e. The highest BCUT2D eigenvalue weighted by atomic mass is 79.9. The summed E-state index contributed by atoms with van der Waals surface area (Å²) in [6.07, 6.45) is 6.45. The zero-order valence-corrected chi connectivity index (χ0v) is 15.0. The number of aryl methyl sites for hydroxylation is 1. The number of rotatable bonds is 5. The Hall–Kier alpha value is -1.95. The molecule has 1 amide bonds. The van der Waals surface area contributed by atoms with Gasteiger partial charge in [0, 0.05) is 25.4 Å². The predicted molar refractivity (Wildman–Crippen MR) is 94.7 cm³/mol. The summed E-state index contributed by atoms with van der Waals surface area (Å²) in [7, 11) is 0. The van der Waals surface area contributed by atoms with Crippen LogP contribution in [0.25, 0.3) is 0 Å². The van der Waals surface area contributed by atoms with Crippen LogP contribution in [0, 0.1) is 0 Å². The van der Waals surface area contributed by atoms with Crippen LogP contribution >= 0.6 is 15.9 Å². The summed E-state index contributed by atoms with van der Waals surface area (Å²) in [5.41, 5.74) is 1.19. The van der Waals surface area contributed by atoms with Gasteiger partial charge in [-0.1, -0.05) is 30.3 Å². The van der Waals surface area contributed by atoms with E-state index in [1.54, 1.807) is 12.4 Å². The van der Waals surface area contributed by atoms with Gasteiger partial charge in [0.2, 0.25) is 5.91 Å². The predicted octanol–water partition coefficient (Wildman–Crippen LogP) is 3.24. The van der Waals surface area contributed by atoms with Crippen LogP contribution in [0.3, 0.4) is 0 Å². The summed E-state index contributed by atoms with van der Waals surface area (Å²) in [4.78, 5) is 22.6. The minimum absolute atomic E-state index is 0.0411. The molecule has 1 atom stereocenters. The molecule has 1 aliphatic heterocycles. The van der Waals surface area contributed by atoms with E-state index in [0.29, 0.717) is 19.0 Å². The standard InChI is InChI=1S/C18H20BrN3O2/c19-15-11-20-18(21-12-15)24-16-7-4-10-22(13-16)17(23)9-8-14-5-2-1-3-6-14/h1-3,5-6,11-12,16H,4,7-10,13H2. The number of benzene rings is 1. The molecule has 126 valence electrons. The van der Waals surface area contributed by atoms with Crippen LogP contribution in [0.15, 0.2) is 47.2 Å². The van der Waals surface area contributed by atoms with Crippen LogP contribution < -0.4 is 4.74 Å². The van der Waals surface area contributed by atoms with E-state index in [0.717, 1.165) is 30.3 Å². The van der Waals surface area contributed by atoms with Crippen LogP contribution in [0.1, 0.15) is 24.8 Å². The summed E-state index contributed by atoms with van der Waals surface area (Å²) in [5, 5.41) is 0. The minimum atomic E-state index is -0.0411. The van der Waals surface area contributed by atoms with Crippen molar-refractivity contribution in [3.63, 3.8) is 0 Å². The van der Waals surface area contributed by atoms with Gasteiger partial charge in [-0.05, 0) is 40.8 Å². The second kappa shape index (κ2) is 8.24. The van der Waals surface area contributed by atoms with Gasteiger partial charge in [0.25, 0.3) is 0 Å². The molecule has 0 saturated carbocycles. The lowest BCUT2D eigenvalue weighted by Gasteiger charge is -2.32. The van der Waals surface area contributed by atoms with Crippen molar-refractivity contribution in [1.82, 2.24) is 14.9 Å². The molecule has 1 aromatic carbocycles. The Morgan fingerprint density at radius 3 is 2.75 bits per heavy atom. The van der Waals surface area contributed by atoms with Gasteiger partial charge in [0.05, 0.1) is 11.0 Å². The van der Waals surface area contributed by atoms with Crippen molar-refractivity contribution >= 4 is 21.8 Å². The largest absolute Gasteiger partial charge is 0.458 e. The first-order valence-corrected chi connectivity index (χ1v) is 8.96. The molecule has 0 spiro atoms. The van der Waals surface area contributed by atoms with Gasteiger partial charge in [0.1, 0.15) is 6.10 Å². The molecule has 24 heavy (non-hydrogen) atoms. The Balaban J connectivity index is 1.51. The van der Waals surface area contributed by atoms with Crippen LogP contribution in [-0.4, -0.2) is 40.0 Å². The summed E-state index contributed by atoms with van der Waals surface area (Å²) < 4.78 is 6.63. The van der Waals surface area contributed by atoms with Gasteiger partial charge >= 0.3 is 6.01 Å². The molecule has 5 nitrogen and oxygen atoms in total. The molecular formula is C18H20BrN3O2. The van der Waals surface area contributed by atoms with Crippen molar-refractivity contribution in [3.05, 3.63) is 52.8 Å². The molecule has 1 aliphatic rings. The molecule has 0 N–H and O–H groups in total. The van der Waals surface area contributed by atoms with E-state index in [9.17, 15) is 4.79 Å². The van der Waals surface area contributed by atoms with Gasteiger partial charge in [-0.15, -0.1) is 0 Å². The number of nitrogens with zero attached hydrogens (tertiary/aromatic N) is 3. The highest BCUT2D eigenvalue weighted by Crippen LogP contribution is 2.17. The van der Waals surface area contributed by atoms with Gasteiger partial charge in [-0.2, -0.15) is 0 Å². The lowest BCUT2D eigenvalue weighted by atomic mass is 10.1. The maximum atomic E-state index is 12.4. The molecule has 1 unspecified atom stereocenters. The monoisotopic (exact) mass is 389 g/mol. The van der Waals surface area contributed by atoms with Crippen molar-refractivity contribution in [1.29, 1.82) is 0 Å². The fourth-order valence-corrected chi connectivity index (χ4v) is 3.03. The van der Waals surface area contributed by atoms with E-state index in [2.05, 4.69) is 38.0 Å². The number of carbonyl (C=O) groups excluding carboxylic acids is 1.